The molecule has 1 amide bonds. The minimum absolute atomic E-state index is 0.193. The van der Waals surface area contributed by atoms with Gasteiger partial charge in [0.15, 0.2) is 0 Å². The highest BCUT2D eigenvalue weighted by Gasteiger charge is 2.04. The zero-order valence-corrected chi connectivity index (χ0v) is 12.3. The van der Waals surface area contributed by atoms with Crippen molar-refractivity contribution in [3.63, 3.8) is 0 Å². The molecule has 23 heavy (non-hydrogen) atoms. The molecule has 0 unspecified atom stereocenters. The van der Waals surface area contributed by atoms with E-state index in [1.54, 1.807) is 18.5 Å². The highest BCUT2D eigenvalue weighted by Crippen LogP contribution is 2.11. The summed E-state index contributed by atoms with van der Waals surface area (Å²) < 4.78 is 14.7. The van der Waals surface area contributed by atoms with Crippen molar-refractivity contribution >= 4 is 23.2 Å². The van der Waals surface area contributed by atoms with Gasteiger partial charge in [-0.25, -0.2) is 14.8 Å². The van der Waals surface area contributed by atoms with E-state index in [4.69, 9.17) is 0 Å². The van der Waals surface area contributed by atoms with Crippen molar-refractivity contribution in [3.05, 3.63) is 66.2 Å². The summed E-state index contributed by atoms with van der Waals surface area (Å²) in [7, 11) is 0. The van der Waals surface area contributed by atoms with Crippen LogP contribution in [0.2, 0.25) is 0 Å². The summed E-state index contributed by atoms with van der Waals surface area (Å²) in [6.07, 6.45) is 3.49. The van der Waals surface area contributed by atoms with Crippen LogP contribution in [0.4, 0.5) is 4.39 Å². The second-order valence-corrected chi connectivity index (χ2v) is 5.02. The van der Waals surface area contributed by atoms with Gasteiger partial charge >= 0.3 is 0 Å². The second kappa shape index (κ2) is 6.83. The number of nitrogens with zero attached hydrogens (tertiary/aromatic N) is 3. The Morgan fingerprint density at radius 3 is 2.83 bits per heavy atom. The average molecular weight is 310 g/mol. The molecule has 2 aromatic carbocycles. The fourth-order valence-corrected chi connectivity index (χ4v) is 2.19. The number of hydrogen-bond acceptors (Lipinski definition) is 3. The lowest BCUT2D eigenvalue weighted by Crippen LogP contribution is -2.19. The summed E-state index contributed by atoms with van der Waals surface area (Å²) in [5.74, 6) is -0.500. The molecule has 0 spiro atoms. The number of hydrogen-bond donors (Lipinski definition) is 1. The fraction of sp³-hybridized carbons (Fsp3) is 0.118. The van der Waals surface area contributed by atoms with E-state index in [0.717, 1.165) is 11.0 Å². The number of aryl methyl sites for hydroxylation is 1. The molecule has 0 fully saturated rings. The number of para-hydroxylation sites is 2. The van der Waals surface area contributed by atoms with Crippen LogP contribution >= 0.6 is 0 Å². The normalized spacial score (nSPS) is 11.2. The SMILES string of the molecule is O=C(CCn1cnc2ccccc21)N/N=C\c1ccc(F)cc1. The van der Waals surface area contributed by atoms with E-state index in [2.05, 4.69) is 15.5 Å². The number of benzene rings is 2. The number of carbonyl (C=O) groups is 1. The van der Waals surface area contributed by atoms with Gasteiger partial charge in [-0.1, -0.05) is 24.3 Å². The molecule has 0 radical (unpaired) electrons. The first kappa shape index (κ1) is 14.9. The van der Waals surface area contributed by atoms with Gasteiger partial charge in [-0.3, -0.25) is 4.79 Å². The van der Waals surface area contributed by atoms with Crippen molar-refractivity contribution in [2.75, 3.05) is 0 Å². The van der Waals surface area contributed by atoms with Crippen LogP contribution in [-0.2, 0) is 11.3 Å². The largest absolute Gasteiger partial charge is 0.330 e. The molecule has 116 valence electrons. The van der Waals surface area contributed by atoms with Crippen LogP contribution < -0.4 is 5.43 Å². The van der Waals surface area contributed by atoms with Crippen molar-refractivity contribution < 1.29 is 9.18 Å². The van der Waals surface area contributed by atoms with Crippen molar-refractivity contribution in [2.45, 2.75) is 13.0 Å². The Labute approximate surface area is 132 Å². The van der Waals surface area contributed by atoms with E-state index in [-0.39, 0.29) is 11.7 Å². The molecule has 0 atom stereocenters. The predicted octanol–water partition coefficient (Wildman–Crippen LogP) is 2.72. The Balaban J connectivity index is 1.52. The molecule has 3 aromatic rings. The fourth-order valence-electron chi connectivity index (χ4n) is 2.19. The summed E-state index contributed by atoms with van der Waals surface area (Å²) in [5, 5.41) is 3.86. The van der Waals surface area contributed by atoms with Gasteiger partial charge in [0.2, 0.25) is 5.91 Å². The second-order valence-electron chi connectivity index (χ2n) is 5.02. The molecule has 0 saturated heterocycles. The molecule has 0 aliphatic carbocycles. The number of carbonyl (C=O) groups excluding carboxylic acids is 1. The number of halogens is 1. The van der Waals surface area contributed by atoms with E-state index in [0.29, 0.717) is 18.5 Å². The maximum atomic E-state index is 12.8. The standard InChI is InChI=1S/C17H15FN4O/c18-14-7-5-13(6-8-14)11-20-21-17(23)9-10-22-12-19-15-3-1-2-4-16(15)22/h1-8,11-12H,9-10H2,(H,21,23)/b20-11-. The maximum absolute atomic E-state index is 12.8. The van der Waals surface area contributed by atoms with Gasteiger partial charge in [0, 0.05) is 13.0 Å². The number of imidazole rings is 1. The van der Waals surface area contributed by atoms with E-state index >= 15 is 0 Å². The molecule has 6 heteroatoms. The van der Waals surface area contributed by atoms with Gasteiger partial charge in [0.05, 0.1) is 23.6 Å². The molecule has 1 N–H and O–H groups in total. The number of rotatable bonds is 5. The van der Waals surface area contributed by atoms with Gasteiger partial charge in [-0.15, -0.1) is 0 Å². The Kier molecular flexibility index (Phi) is 4.42. The number of nitrogens with one attached hydrogen (secondary N) is 1. The lowest BCUT2D eigenvalue weighted by Gasteiger charge is -2.03. The van der Waals surface area contributed by atoms with E-state index in [1.165, 1.54) is 18.3 Å². The Morgan fingerprint density at radius 2 is 2.00 bits per heavy atom. The van der Waals surface area contributed by atoms with Crippen LogP contribution in [0.15, 0.2) is 60.0 Å². The van der Waals surface area contributed by atoms with Crippen molar-refractivity contribution in [1.82, 2.24) is 15.0 Å². The van der Waals surface area contributed by atoms with Crippen LogP contribution in [0.5, 0.6) is 0 Å². The van der Waals surface area contributed by atoms with Crippen LogP contribution in [0.1, 0.15) is 12.0 Å². The highest BCUT2D eigenvalue weighted by molar-refractivity contribution is 5.82. The third-order valence-electron chi connectivity index (χ3n) is 3.38. The Hall–Kier alpha value is -3.02. The lowest BCUT2D eigenvalue weighted by atomic mass is 10.2. The number of hydrazone groups is 1. The predicted molar refractivity (Wildman–Crippen MR) is 86.5 cm³/mol. The van der Waals surface area contributed by atoms with Gasteiger partial charge in [-0.2, -0.15) is 5.10 Å². The molecular weight excluding hydrogens is 295 g/mol. The third-order valence-corrected chi connectivity index (χ3v) is 3.38. The van der Waals surface area contributed by atoms with Gasteiger partial charge in [0.25, 0.3) is 0 Å². The van der Waals surface area contributed by atoms with Gasteiger partial charge in [0.1, 0.15) is 5.82 Å². The molecule has 0 saturated carbocycles. The topological polar surface area (TPSA) is 59.3 Å². The minimum Gasteiger partial charge on any atom is -0.330 e. The average Bonchev–Trinajstić information content (AvgIpc) is 2.98. The smallest absolute Gasteiger partial charge is 0.241 e. The lowest BCUT2D eigenvalue weighted by molar-refractivity contribution is -0.121. The third kappa shape index (κ3) is 3.79. The minimum atomic E-state index is -0.307. The quantitative estimate of drug-likeness (QED) is 0.582. The molecule has 5 nitrogen and oxygen atoms in total. The number of aromatic nitrogens is 2. The number of fused-ring (bicyclic) bond motifs is 1. The highest BCUT2D eigenvalue weighted by atomic mass is 19.1. The van der Waals surface area contributed by atoms with Crippen LogP contribution in [0.25, 0.3) is 11.0 Å². The van der Waals surface area contributed by atoms with Gasteiger partial charge in [-0.05, 0) is 29.8 Å². The summed E-state index contributed by atoms with van der Waals surface area (Å²) in [4.78, 5) is 16.1. The first-order valence-corrected chi connectivity index (χ1v) is 7.20. The van der Waals surface area contributed by atoms with E-state index in [1.807, 2.05) is 28.8 Å². The molecule has 0 bridgehead atoms. The molecule has 3 rings (SSSR count). The first-order valence-electron chi connectivity index (χ1n) is 7.20. The van der Waals surface area contributed by atoms with E-state index < -0.39 is 0 Å². The van der Waals surface area contributed by atoms with E-state index in [9.17, 15) is 9.18 Å². The van der Waals surface area contributed by atoms with Crippen LogP contribution in [-0.4, -0.2) is 21.7 Å². The monoisotopic (exact) mass is 310 g/mol. The zero-order valence-electron chi connectivity index (χ0n) is 12.3. The zero-order chi connectivity index (χ0) is 16.1. The van der Waals surface area contributed by atoms with Gasteiger partial charge < -0.3 is 4.57 Å². The molecule has 1 heterocycles. The molecular formula is C17H15FN4O. The Bertz CT molecular complexity index is 839. The summed E-state index contributed by atoms with van der Waals surface area (Å²) >= 11 is 0. The Morgan fingerprint density at radius 1 is 1.22 bits per heavy atom. The van der Waals surface area contributed by atoms with Crippen LogP contribution in [0, 0.1) is 5.82 Å². The van der Waals surface area contributed by atoms with Crippen LogP contribution in [0.3, 0.4) is 0 Å². The molecule has 0 aliphatic heterocycles. The summed E-state index contributed by atoms with van der Waals surface area (Å²) in [6, 6.07) is 13.6. The van der Waals surface area contributed by atoms with Crippen molar-refractivity contribution in [2.24, 2.45) is 5.10 Å². The maximum Gasteiger partial charge on any atom is 0.241 e. The first-order chi connectivity index (χ1) is 11.2. The summed E-state index contributed by atoms with van der Waals surface area (Å²) in [5.41, 5.74) is 5.07. The number of amides is 1. The molecule has 0 aliphatic rings. The molecule has 1 aromatic heterocycles. The van der Waals surface area contributed by atoms with Crippen molar-refractivity contribution in [1.29, 1.82) is 0 Å². The van der Waals surface area contributed by atoms with Crippen molar-refractivity contribution in [3.8, 4) is 0 Å². The summed E-state index contributed by atoms with van der Waals surface area (Å²) in [6.45, 7) is 0.526.